The van der Waals surface area contributed by atoms with Gasteiger partial charge in [-0.1, -0.05) is 93.6 Å². The van der Waals surface area contributed by atoms with Crippen LogP contribution in [0.3, 0.4) is 0 Å². The molecule has 0 bridgehead atoms. The predicted molar refractivity (Wildman–Crippen MR) is 177 cm³/mol. The fourth-order valence-corrected chi connectivity index (χ4v) is 7.74. The van der Waals surface area contributed by atoms with E-state index in [1.54, 1.807) is 12.1 Å². The van der Waals surface area contributed by atoms with E-state index in [1.807, 2.05) is 12.1 Å². The largest absolute Gasteiger partial charge is 0.488 e. The van der Waals surface area contributed by atoms with Crippen LogP contribution in [0.5, 0.6) is 5.75 Å². The van der Waals surface area contributed by atoms with Gasteiger partial charge in [0.25, 0.3) is 0 Å². The number of rotatable bonds is 10. The second kappa shape index (κ2) is 14.2. The molecule has 0 radical (unpaired) electrons. The van der Waals surface area contributed by atoms with Gasteiger partial charge in [-0.3, -0.25) is 0 Å². The zero-order chi connectivity index (χ0) is 28.6. The second-order valence-corrected chi connectivity index (χ2v) is 13.1. The van der Waals surface area contributed by atoms with Crippen LogP contribution >= 0.6 is 8.58 Å². The third-order valence-electron chi connectivity index (χ3n) is 8.50. The maximum absolute atomic E-state index is 14.6. The number of ether oxygens (including phenoxy) is 1. The summed E-state index contributed by atoms with van der Waals surface area (Å²) in [6, 6.07) is 20.6. The minimum Gasteiger partial charge on any atom is -0.488 e. The Hall–Kier alpha value is -3.42. The van der Waals surface area contributed by atoms with Crippen molar-refractivity contribution < 1.29 is 9.13 Å². The Morgan fingerprint density at radius 2 is 1.48 bits per heavy atom. The molecule has 4 heteroatoms. The molecule has 1 saturated heterocycles. The van der Waals surface area contributed by atoms with Gasteiger partial charge in [-0.05, 0) is 97.7 Å². The number of allylic oxidation sites excluding steroid dienone is 8. The lowest BCUT2D eigenvalue weighted by molar-refractivity contribution is 0.304. The lowest BCUT2D eigenvalue weighted by Gasteiger charge is -2.31. The highest BCUT2D eigenvalue weighted by Gasteiger charge is 2.21. The maximum Gasteiger partial charge on any atom is 0.130 e. The van der Waals surface area contributed by atoms with Gasteiger partial charge in [0.05, 0.1) is 0 Å². The van der Waals surface area contributed by atoms with Crippen molar-refractivity contribution >= 4 is 24.9 Å². The molecule has 0 spiro atoms. The SMILES string of the molecule is Fc1ccc(Pc2cc(CC3C=CC=CC3)cc(CC3C=CC=CC3)c2OCc2ccccc2)c(N2CCCCC2)c1. The summed E-state index contributed by atoms with van der Waals surface area (Å²) in [5.74, 6) is 1.81. The molecule has 2 aliphatic carbocycles. The minimum atomic E-state index is -0.159. The molecule has 3 aliphatic rings. The number of nitrogens with zero attached hydrogens (tertiary/aromatic N) is 1. The summed E-state index contributed by atoms with van der Waals surface area (Å²) in [7, 11) is 0.382. The van der Waals surface area contributed by atoms with Crippen molar-refractivity contribution in [2.45, 2.75) is 51.6 Å². The van der Waals surface area contributed by atoms with E-state index in [0.717, 1.165) is 68.6 Å². The number of hydrogen-bond donors (Lipinski definition) is 0. The summed E-state index contributed by atoms with van der Waals surface area (Å²) in [6.07, 6.45) is 25.5. The maximum atomic E-state index is 14.6. The van der Waals surface area contributed by atoms with Crippen LogP contribution in [0.4, 0.5) is 10.1 Å². The average molecular weight is 578 g/mol. The van der Waals surface area contributed by atoms with Gasteiger partial charge in [-0.2, -0.15) is 0 Å². The van der Waals surface area contributed by atoms with Crippen molar-refractivity contribution in [3.05, 3.63) is 132 Å². The first kappa shape index (κ1) is 28.7. The van der Waals surface area contributed by atoms with Gasteiger partial charge >= 0.3 is 0 Å². The van der Waals surface area contributed by atoms with Crippen LogP contribution in [0, 0.1) is 17.7 Å². The van der Waals surface area contributed by atoms with E-state index >= 15 is 0 Å². The van der Waals surface area contributed by atoms with Crippen molar-refractivity contribution in [3.8, 4) is 5.75 Å². The molecule has 3 atom stereocenters. The van der Waals surface area contributed by atoms with Crippen molar-refractivity contribution in [1.29, 1.82) is 0 Å². The molecule has 0 saturated carbocycles. The van der Waals surface area contributed by atoms with E-state index in [1.165, 1.54) is 28.2 Å². The molecule has 0 aromatic heterocycles. The lowest BCUT2D eigenvalue weighted by Crippen LogP contribution is -2.32. The van der Waals surface area contributed by atoms with Crippen LogP contribution < -0.4 is 20.2 Å². The lowest BCUT2D eigenvalue weighted by atomic mass is 9.89. The molecule has 1 aliphatic heterocycles. The molecule has 216 valence electrons. The van der Waals surface area contributed by atoms with Gasteiger partial charge in [-0.15, -0.1) is 0 Å². The van der Waals surface area contributed by atoms with Crippen molar-refractivity contribution in [3.63, 3.8) is 0 Å². The van der Waals surface area contributed by atoms with Gasteiger partial charge in [0.1, 0.15) is 18.2 Å². The molecule has 3 aromatic carbocycles. The van der Waals surface area contributed by atoms with Crippen molar-refractivity contribution in [1.82, 2.24) is 0 Å². The summed E-state index contributed by atoms with van der Waals surface area (Å²) in [5.41, 5.74) is 4.86. The van der Waals surface area contributed by atoms with Crippen LogP contribution in [0.1, 0.15) is 48.8 Å². The van der Waals surface area contributed by atoms with E-state index in [0.29, 0.717) is 27.0 Å². The number of anilines is 1. The quantitative estimate of drug-likeness (QED) is 0.225. The van der Waals surface area contributed by atoms with E-state index in [4.69, 9.17) is 4.74 Å². The molecule has 6 rings (SSSR count). The average Bonchev–Trinajstić information content (AvgIpc) is 3.03. The Kier molecular flexibility index (Phi) is 9.68. The van der Waals surface area contributed by atoms with E-state index in [-0.39, 0.29) is 5.82 Å². The monoisotopic (exact) mass is 577 g/mol. The Balaban J connectivity index is 1.40. The fraction of sp³-hybridized carbons (Fsp3) is 0.316. The van der Waals surface area contributed by atoms with Gasteiger partial charge in [0, 0.05) is 29.4 Å². The Bertz CT molecular complexity index is 1470. The minimum absolute atomic E-state index is 0.159. The van der Waals surface area contributed by atoms with Crippen LogP contribution in [0.2, 0.25) is 0 Å². The van der Waals surface area contributed by atoms with Gasteiger partial charge in [-0.25, -0.2) is 4.39 Å². The van der Waals surface area contributed by atoms with Crippen LogP contribution in [-0.2, 0) is 19.4 Å². The number of piperidine rings is 1. The fourth-order valence-electron chi connectivity index (χ4n) is 6.32. The Labute approximate surface area is 252 Å². The van der Waals surface area contributed by atoms with Crippen LogP contribution in [0.25, 0.3) is 0 Å². The molecule has 1 fully saturated rings. The van der Waals surface area contributed by atoms with Crippen molar-refractivity contribution in [2.24, 2.45) is 11.8 Å². The van der Waals surface area contributed by atoms with Crippen LogP contribution in [-0.4, -0.2) is 13.1 Å². The van der Waals surface area contributed by atoms with Gasteiger partial charge in [0.15, 0.2) is 0 Å². The molecule has 1 heterocycles. The first-order valence-corrected chi connectivity index (χ1v) is 16.5. The van der Waals surface area contributed by atoms with Crippen molar-refractivity contribution in [2.75, 3.05) is 18.0 Å². The normalized spacial score (nSPS) is 20.1. The highest BCUT2D eigenvalue weighted by Crippen LogP contribution is 2.34. The first-order chi connectivity index (χ1) is 20.7. The van der Waals surface area contributed by atoms with Gasteiger partial charge in [0.2, 0.25) is 0 Å². The second-order valence-electron chi connectivity index (χ2n) is 11.8. The summed E-state index contributed by atoms with van der Waals surface area (Å²) < 4.78 is 21.4. The molecular weight excluding hydrogens is 536 g/mol. The third kappa shape index (κ3) is 7.50. The smallest absolute Gasteiger partial charge is 0.130 e. The number of halogens is 1. The number of benzene rings is 3. The van der Waals surface area contributed by atoms with E-state index in [9.17, 15) is 4.39 Å². The summed E-state index contributed by atoms with van der Waals surface area (Å²) >= 11 is 0. The molecule has 42 heavy (non-hydrogen) atoms. The molecule has 3 unspecified atom stereocenters. The van der Waals surface area contributed by atoms with Gasteiger partial charge < -0.3 is 9.64 Å². The third-order valence-corrected chi connectivity index (χ3v) is 9.83. The Morgan fingerprint density at radius 3 is 2.19 bits per heavy atom. The molecular formula is C38H41FNOP. The molecule has 0 N–H and O–H groups in total. The standard InChI is InChI=1S/C38H41FNOP/c39-34-19-20-36(35(27-34)40-21-11-4-12-22-40)42-37-26-32(23-29-13-5-1-6-14-29)25-33(24-30-15-7-2-8-16-30)38(37)41-28-31-17-9-3-10-18-31/h1-3,5-10,13,15,17-20,25-27,29-30,42H,4,11-12,14,16,21-24,28H2. The topological polar surface area (TPSA) is 12.5 Å². The molecule has 3 aromatic rings. The highest BCUT2D eigenvalue weighted by molar-refractivity contribution is 7.56. The van der Waals surface area contributed by atoms with Crippen LogP contribution in [0.15, 0.2) is 109 Å². The van der Waals surface area contributed by atoms with E-state index < -0.39 is 0 Å². The zero-order valence-electron chi connectivity index (χ0n) is 24.4. The first-order valence-electron chi connectivity index (χ1n) is 15.5. The molecule has 0 amide bonds. The highest BCUT2D eigenvalue weighted by atomic mass is 31.1. The summed E-state index contributed by atoms with van der Waals surface area (Å²) in [4.78, 5) is 2.39. The van der Waals surface area contributed by atoms with E-state index in [2.05, 4.69) is 89.9 Å². The summed E-state index contributed by atoms with van der Waals surface area (Å²) in [6.45, 7) is 2.52. The number of hydrogen-bond acceptors (Lipinski definition) is 2. The Morgan fingerprint density at radius 1 is 0.738 bits per heavy atom. The zero-order valence-corrected chi connectivity index (χ0v) is 25.4. The summed E-state index contributed by atoms with van der Waals surface area (Å²) in [5, 5.41) is 2.43. The predicted octanol–water partition coefficient (Wildman–Crippen LogP) is 8.37. The molecule has 2 nitrogen and oxygen atoms in total.